The minimum atomic E-state index is -3.65. The van der Waals surface area contributed by atoms with E-state index in [1.165, 1.54) is 29.6 Å². The molecule has 9 heteroatoms. The summed E-state index contributed by atoms with van der Waals surface area (Å²) in [6, 6.07) is 8.76. The minimum absolute atomic E-state index is 0.173. The molecule has 0 bridgehead atoms. The molecule has 1 saturated heterocycles. The molecular weight excluding hydrogens is 414 g/mol. The highest BCUT2D eigenvalue weighted by Crippen LogP contribution is 2.26. The number of hydrogen-bond acceptors (Lipinski definition) is 4. The standard InChI is InChI=1S/C21H24F2N2O4S/c1-14(19-8-3-16(22)13-20(19)23)24-21(26)15-9-11-25(12-10-15)30(27,28)18-6-4-17(29-2)5-7-18/h3-8,13-15H,9-12H2,1-2H3,(H,24,26). The summed E-state index contributed by atoms with van der Waals surface area (Å²) in [7, 11) is -2.15. The van der Waals surface area contributed by atoms with Crippen molar-refractivity contribution in [2.45, 2.75) is 30.7 Å². The molecule has 0 saturated carbocycles. The number of methoxy groups -OCH3 is 1. The summed E-state index contributed by atoms with van der Waals surface area (Å²) >= 11 is 0. The van der Waals surface area contributed by atoms with Crippen molar-refractivity contribution in [2.24, 2.45) is 5.92 Å². The SMILES string of the molecule is COc1ccc(S(=O)(=O)N2CCC(C(=O)NC(C)c3ccc(F)cc3F)CC2)cc1. The van der Waals surface area contributed by atoms with Crippen LogP contribution in [0.1, 0.15) is 31.4 Å². The van der Waals surface area contributed by atoms with Gasteiger partial charge in [-0.15, -0.1) is 0 Å². The number of carbonyl (C=O) groups is 1. The number of ether oxygens (including phenoxy) is 1. The molecule has 1 atom stereocenters. The second-order valence-electron chi connectivity index (χ2n) is 7.25. The van der Waals surface area contributed by atoms with E-state index in [2.05, 4.69) is 5.32 Å². The average Bonchev–Trinajstić information content (AvgIpc) is 2.73. The monoisotopic (exact) mass is 438 g/mol. The average molecular weight is 438 g/mol. The van der Waals surface area contributed by atoms with Gasteiger partial charge in [-0.3, -0.25) is 4.79 Å². The number of benzene rings is 2. The zero-order valence-corrected chi connectivity index (χ0v) is 17.6. The van der Waals surface area contributed by atoms with E-state index < -0.39 is 27.7 Å². The molecule has 2 aromatic carbocycles. The number of carbonyl (C=O) groups excluding carboxylic acids is 1. The molecular formula is C21H24F2N2O4S. The molecule has 30 heavy (non-hydrogen) atoms. The van der Waals surface area contributed by atoms with E-state index in [1.54, 1.807) is 19.1 Å². The van der Waals surface area contributed by atoms with Crippen molar-refractivity contribution in [3.8, 4) is 5.75 Å². The molecule has 1 fully saturated rings. The first-order valence-corrected chi connectivity index (χ1v) is 11.1. The Morgan fingerprint density at radius 1 is 1.13 bits per heavy atom. The van der Waals surface area contributed by atoms with Gasteiger partial charge in [-0.1, -0.05) is 6.07 Å². The lowest BCUT2D eigenvalue weighted by molar-refractivity contribution is -0.126. The van der Waals surface area contributed by atoms with Gasteiger partial charge in [-0.25, -0.2) is 17.2 Å². The third-order valence-electron chi connectivity index (χ3n) is 5.31. The van der Waals surface area contributed by atoms with Crippen LogP contribution >= 0.6 is 0 Å². The highest BCUT2D eigenvalue weighted by atomic mass is 32.2. The van der Waals surface area contributed by atoms with Gasteiger partial charge in [0.2, 0.25) is 15.9 Å². The molecule has 0 radical (unpaired) electrons. The van der Waals surface area contributed by atoms with Crippen molar-refractivity contribution in [1.82, 2.24) is 9.62 Å². The van der Waals surface area contributed by atoms with Gasteiger partial charge >= 0.3 is 0 Å². The van der Waals surface area contributed by atoms with E-state index in [4.69, 9.17) is 4.74 Å². The summed E-state index contributed by atoms with van der Waals surface area (Å²) < 4.78 is 59.0. The molecule has 1 aliphatic heterocycles. The van der Waals surface area contributed by atoms with Gasteiger partial charge in [-0.2, -0.15) is 4.31 Å². The first-order valence-electron chi connectivity index (χ1n) is 9.62. The number of hydrogen-bond donors (Lipinski definition) is 1. The molecule has 0 aliphatic carbocycles. The zero-order chi connectivity index (χ0) is 21.9. The first-order chi connectivity index (χ1) is 14.2. The van der Waals surface area contributed by atoms with E-state index in [1.807, 2.05) is 0 Å². The summed E-state index contributed by atoms with van der Waals surface area (Å²) in [5, 5.41) is 2.74. The normalized spacial score (nSPS) is 16.8. The van der Waals surface area contributed by atoms with Crippen molar-refractivity contribution >= 4 is 15.9 Å². The van der Waals surface area contributed by atoms with Crippen LogP contribution in [0.3, 0.4) is 0 Å². The number of nitrogens with one attached hydrogen (secondary N) is 1. The third-order valence-corrected chi connectivity index (χ3v) is 7.22. The molecule has 6 nitrogen and oxygen atoms in total. The Morgan fingerprint density at radius 3 is 2.33 bits per heavy atom. The van der Waals surface area contributed by atoms with Gasteiger partial charge in [0.1, 0.15) is 17.4 Å². The summed E-state index contributed by atoms with van der Waals surface area (Å²) in [6.07, 6.45) is 0.722. The molecule has 1 heterocycles. The zero-order valence-electron chi connectivity index (χ0n) is 16.8. The predicted octanol–water partition coefficient (Wildman–Crippen LogP) is 3.25. The van der Waals surface area contributed by atoms with Gasteiger partial charge in [0.15, 0.2) is 0 Å². The maximum Gasteiger partial charge on any atom is 0.243 e. The van der Waals surface area contributed by atoms with Crippen LogP contribution in [0.15, 0.2) is 47.4 Å². The van der Waals surface area contributed by atoms with Crippen LogP contribution in [-0.4, -0.2) is 38.8 Å². The van der Waals surface area contributed by atoms with Crippen LogP contribution in [0, 0.1) is 17.6 Å². The molecule has 1 amide bonds. The molecule has 0 spiro atoms. The number of nitrogens with zero attached hydrogens (tertiary/aromatic N) is 1. The molecule has 1 aliphatic rings. The molecule has 1 N–H and O–H groups in total. The van der Waals surface area contributed by atoms with E-state index in [-0.39, 0.29) is 35.4 Å². The maximum atomic E-state index is 13.9. The van der Waals surface area contributed by atoms with Crippen molar-refractivity contribution in [2.75, 3.05) is 20.2 Å². The lowest BCUT2D eigenvalue weighted by Gasteiger charge is -2.31. The number of amides is 1. The number of rotatable bonds is 6. The fourth-order valence-electron chi connectivity index (χ4n) is 3.52. The van der Waals surface area contributed by atoms with Crippen LogP contribution < -0.4 is 10.1 Å². The van der Waals surface area contributed by atoms with Crippen molar-refractivity contribution in [3.05, 3.63) is 59.7 Å². The smallest absolute Gasteiger partial charge is 0.243 e. The lowest BCUT2D eigenvalue weighted by atomic mass is 9.96. The van der Waals surface area contributed by atoms with Gasteiger partial charge in [0.05, 0.1) is 18.0 Å². The van der Waals surface area contributed by atoms with Crippen LogP contribution in [0.25, 0.3) is 0 Å². The second kappa shape index (κ2) is 9.09. The topological polar surface area (TPSA) is 75.7 Å². The Labute approximate surface area is 174 Å². The number of halogens is 2. The highest BCUT2D eigenvalue weighted by Gasteiger charge is 2.32. The van der Waals surface area contributed by atoms with E-state index >= 15 is 0 Å². The summed E-state index contributed by atoms with van der Waals surface area (Å²) in [6.45, 7) is 2.05. The van der Waals surface area contributed by atoms with Crippen LogP contribution in [0.4, 0.5) is 8.78 Å². The Hall–Kier alpha value is -2.52. The quantitative estimate of drug-likeness (QED) is 0.751. The fraction of sp³-hybridized carbons (Fsp3) is 0.381. The van der Waals surface area contributed by atoms with Crippen LogP contribution in [0.5, 0.6) is 5.75 Å². The van der Waals surface area contributed by atoms with Gasteiger partial charge < -0.3 is 10.1 Å². The number of piperidine rings is 1. The van der Waals surface area contributed by atoms with Gasteiger partial charge in [0, 0.05) is 30.6 Å². The molecule has 162 valence electrons. The van der Waals surface area contributed by atoms with Crippen molar-refractivity contribution in [3.63, 3.8) is 0 Å². The Kier molecular flexibility index (Phi) is 6.72. The van der Waals surface area contributed by atoms with E-state index in [9.17, 15) is 22.0 Å². The number of sulfonamides is 1. The third kappa shape index (κ3) is 4.79. The van der Waals surface area contributed by atoms with E-state index in [0.717, 1.165) is 12.1 Å². The summed E-state index contributed by atoms with van der Waals surface area (Å²) in [4.78, 5) is 12.7. The minimum Gasteiger partial charge on any atom is -0.497 e. The van der Waals surface area contributed by atoms with Gasteiger partial charge in [0.25, 0.3) is 0 Å². The summed E-state index contributed by atoms with van der Waals surface area (Å²) in [5.41, 5.74) is 0.198. The summed E-state index contributed by atoms with van der Waals surface area (Å²) in [5.74, 6) is -1.48. The van der Waals surface area contributed by atoms with Gasteiger partial charge in [-0.05, 0) is 50.1 Å². The maximum absolute atomic E-state index is 13.9. The van der Waals surface area contributed by atoms with Crippen LogP contribution in [-0.2, 0) is 14.8 Å². The molecule has 3 rings (SSSR count). The Balaban J connectivity index is 1.59. The lowest BCUT2D eigenvalue weighted by Crippen LogP contribution is -2.43. The largest absolute Gasteiger partial charge is 0.497 e. The Morgan fingerprint density at radius 2 is 1.77 bits per heavy atom. The first kappa shape index (κ1) is 22.2. The second-order valence-corrected chi connectivity index (χ2v) is 9.19. The molecule has 2 aromatic rings. The van der Waals surface area contributed by atoms with Crippen LogP contribution in [0.2, 0.25) is 0 Å². The Bertz CT molecular complexity index is 1000. The van der Waals surface area contributed by atoms with E-state index in [0.29, 0.717) is 18.6 Å². The predicted molar refractivity (Wildman–Crippen MR) is 107 cm³/mol. The molecule has 0 aromatic heterocycles. The molecule has 1 unspecified atom stereocenters. The van der Waals surface area contributed by atoms with Crippen molar-refractivity contribution < 1.29 is 26.7 Å². The van der Waals surface area contributed by atoms with Crippen molar-refractivity contribution in [1.29, 1.82) is 0 Å². The fourth-order valence-corrected chi connectivity index (χ4v) is 4.99. The highest BCUT2D eigenvalue weighted by molar-refractivity contribution is 7.89.